The van der Waals surface area contributed by atoms with Crippen LogP contribution in [0.4, 0.5) is 8.78 Å². The van der Waals surface area contributed by atoms with Crippen molar-refractivity contribution in [1.82, 2.24) is 4.57 Å². The molecule has 1 aromatic heterocycles. The fourth-order valence-electron chi connectivity index (χ4n) is 3.91. The zero-order valence-electron chi connectivity index (χ0n) is 19.8. The average Bonchev–Trinajstić information content (AvgIpc) is 3.17. The first-order valence-corrected chi connectivity index (χ1v) is 11.5. The van der Waals surface area contributed by atoms with Gasteiger partial charge in [0.1, 0.15) is 5.75 Å². The third-order valence-corrected chi connectivity index (χ3v) is 6.54. The number of benzene rings is 2. The SMILES string of the molecule is COC(=O)C1=C(C)N=c2s/c(=C/c3ccc(OC(F)F)c(OC)c3)c(=O)n2C1c1ccc(OC)cc1. The Kier molecular flexibility index (Phi) is 7.20. The lowest BCUT2D eigenvalue weighted by atomic mass is 9.96. The number of esters is 1. The first-order valence-electron chi connectivity index (χ1n) is 10.6. The molecule has 0 saturated heterocycles. The van der Waals surface area contributed by atoms with Gasteiger partial charge in [0.05, 0.1) is 43.2 Å². The molecule has 0 radical (unpaired) electrons. The minimum Gasteiger partial charge on any atom is -0.497 e. The second kappa shape index (κ2) is 10.3. The minimum absolute atomic E-state index is 0.0942. The Morgan fingerprint density at radius 2 is 1.81 bits per heavy atom. The van der Waals surface area contributed by atoms with Crippen LogP contribution in [0.25, 0.3) is 6.08 Å². The summed E-state index contributed by atoms with van der Waals surface area (Å²) < 4.78 is 46.9. The van der Waals surface area contributed by atoms with Crippen molar-refractivity contribution >= 4 is 23.4 Å². The zero-order chi connectivity index (χ0) is 26.0. The van der Waals surface area contributed by atoms with Crippen LogP contribution in [0.5, 0.6) is 17.2 Å². The highest BCUT2D eigenvalue weighted by Crippen LogP contribution is 2.32. The van der Waals surface area contributed by atoms with Crippen LogP contribution >= 0.6 is 11.3 Å². The van der Waals surface area contributed by atoms with Gasteiger partial charge in [-0.1, -0.05) is 29.5 Å². The second-order valence-corrected chi connectivity index (χ2v) is 8.64. The van der Waals surface area contributed by atoms with Crippen molar-refractivity contribution in [3.8, 4) is 17.2 Å². The Balaban J connectivity index is 1.88. The Morgan fingerprint density at radius 3 is 2.42 bits per heavy atom. The summed E-state index contributed by atoms with van der Waals surface area (Å²) >= 11 is 1.14. The molecule has 1 aliphatic heterocycles. The van der Waals surface area contributed by atoms with E-state index in [0.717, 1.165) is 11.3 Å². The molecule has 0 N–H and O–H groups in total. The quantitative estimate of drug-likeness (QED) is 0.449. The fraction of sp³-hybridized carbons (Fsp3) is 0.240. The third kappa shape index (κ3) is 4.74. The van der Waals surface area contributed by atoms with Gasteiger partial charge in [0, 0.05) is 0 Å². The molecule has 3 aromatic rings. The summed E-state index contributed by atoms with van der Waals surface area (Å²) in [5, 5.41) is 0. The summed E-state index contributed by atoms with van der Waals surface area (Å²) in [6, 6.07) is 10.6. The van der Waals surface area contributed by atoms with Crippen molar-refractivity contribution < 1.29 is 32.5 Å². The molecule has 0 fully saturated rings. The van der Waals surface area contributed by atoms with Crippen LogP contribution in [0.2, 0.25) is 0 Å². The van der Waals surface area contributed by atoms with Gasteiger partial charge in [-0.05, 0) is 48.4 Å². The van der Waals surface area contributed by atoms with E-state index in [9.17, 15) is 18.4 Å². The van der Waals surface area contributed by atoms with E-state index in [1.165, 1.54) is 37.0 Å². The minimum atomic E-state index is -3.00. The normalized spacial score (nSPS) is 15.4. The first-order chi connectivity index (χ1) is 17.3. The lowest BCUT2D eigenvalue weighted by Crippen LogP contribution is -2.39. The van der Waals surface area contributed by atoms with Crippen molar-refractivity contribution in [1.29, 1.82) is 0 Å². The predicted molar refractivity (Wildman–Crippen MR) is 128 cm³/mol. The molecule has 8 nitrogen and oxygen atoms in total. The summed E-state index contributed by atoms with van der Waals surface area (Å²) in [5.41, 5.74) is 1.51. The molecule has 1 unspecified atom stereocenters. The number of ether oxygens (including phenoxy) is 4. The molecule has 2 heterocycles. The fourth-order valence-corrected chi connectivity index (χ4v) is 4.96. The lowest BCUT2D eigenvalue weighted by Gasteiger charge is -2.24. The summed E-state index contributed by atoms with van der Waals surface area (Å²) in [4.78, 5) is 31.2. The molecule has 11 heteroatoms. The van der Waals surface area contributed by atoms with Gasteiger partial charge in [-0.25, -0.2) is 9.79 Å². The summed E-state index contributed by atoms with van der Waals surface area (Å²) in [5.74, 6) is 0.00566. The third-order valence-electron chi connectivity index (χ3n) is 5.56. The van der Waals surface area contributed by atoms with Crippen molar-refractivity contribution in [2.75, 3.05) is 21.3 Å². The number of carbonyl (C=O) groups excluding carboxylic acids is 1. The molecule has 188 valence electrons. The number of allylic oxidation sites excluding steroid dienone is 1. The maximum atomic E-state index is 13.6. The maximum absolute atomic E-state index is 13.6. The molecule has 0 bridgehead atoms. The number of hydrogen-bond acceptors (Lipinski definition) is 8. The van der Waals surface area contributed by atoms with E-state index in [1.54, 1.807) is 44.4 Å². The number of thiazole rings is 1. The van der Waals surface area contributed by atoms with E-state index in [0.29, 0.717) is 31.9 Å². The molecule has 0 saturated carbocycles. The number of fused-ring (bicyclic) bond motifs is 1. The van der Waals surface area contributed by atoms with Crippen molar-refractivity contribution in [2.24, 2.45) is 4.99 Å². The second-order valence-electron chi connectivity index (χ2n) is 7.64. The van der Waals surface area contributed by atoms with Crippen LogP contribution in [0, 0.1) is 0 Å². The highest BCUT2D eigenvalue weighted by atomic mass is 32.1. The Hall–Kier alpha value is -3.99. The van der Waals surface area contributed by atoms with Crippen molar-refractivity contribution in [3.05, 3.63) is 84.5 Å². The summed E-state index contributed by atoms with van der Waals surface area (Å²) in [6.07, 6.45) is 1.60. The van der Waals surface area contributed by atoms with Gasteiger partial charge in [-0.2, -0.15) is 8.78 Å². The van der Waals surface area contributed by atoms with Gasteiger partial charge in [0.15, 0.2) is 16.3 Å². The van der Waals surface area contributed by atoms with E-state index in [1.807, 2.05) is 0 Å². The molecule has 36 heavy (non-hydrogen) atoms. The number of methoxy groups -OCH3 is 3. The zero-order valence-corrected chi connectivity index (χ0v) is 20.6. The number of carbonyl (C=O) groups is 1. The molecule has 2 aromatic carbocycles. The molecular weight excluding hydrogens is 494 g/mol. The Morgan fingerprint density at radius 1 is 1.08 bits per heavy atom. The molecule has 4 rings (SSSR count). The lowest BCUT2D eigenvalue weighted by molar-refractivity contribution is -0.136. The Bertz CT molecular complexity index is 1510. The van der Waals surface area contributed by atoms with Crippen LogP contribution in [0.15, 0.2) is 63.5 Å². The van der Waals surface area contributed by atoms with Crippen molar-refractivity contribution in [3.63, 3.8) is 0 Å². The maximum Gasteiger partial charge on any atom is 0.387 e. The number of rotatable bonds is 7. The summed E-state index contributed by atoms with van der Waals surface area (Å²) in [7, 11) is 4.15. The molecule has 0 aliphatic carbocycles. The smallest absolute Gasteiger partial charge is 0.387 e. The predicted octanol–water partition coefficient (Wildman–Crippen LogP) is 3.03. The highest BCUT2D eigenvalue weighted by molar-refractivity contribution is 7.07. The number of alkyl halides is 2. The van der Waals surface area contributed by atoms with Gasteiger partial charge >= 0.3 is 12.6 Å². The van der Waals surface area contributed by atoms with Gasteiger partial charge in [0.2, 0.25) is 0 Å². The van der Waals surface area contributed by atoms with Gasteiger partial charge in [0.25, 0.3) is 5.56 Å². The number of hydrogen-bond donors (Lipinski definition) is 0. The van der Waals surface area contributed by atoms with E-state index in [-0.39, 0.29) is 22.6 Å². The topological polar surface area (TPSA) is 88.4 Å². The van der Waals surface area contributed by atoms with Crippen LogP contribution in [-0.2, 0) is 9.53 Å². The van der Waals surface area contributed by atoms with Crippen molar-refractivity contribution in [2.45, 2.75) is 19.6 Å². The molecule has 1 atom stereocenters. The average molecular weight is 517 g/mol. The van der Waals surface area contributed by atoms with Crippen LogP contribution in [-0.4, -0.2) is 38.5 Å². The number of halogens is 2. The van der Waals surface area contributed by atoms with Gasteiger partial charge < -0.3 is 18.9 Å². The van der Waals surface area contributed by atoms with E-state index >= 15 is 0 Å². The van der Waals surface area contributed by atoms with E-state index in [2.05, 4.69) is 9.73 Å². The van der Waals surface area contributed by atoms with Gasteiger partial charge in [-0.15, -0.1) is 0 Å². The molecule has 0 amide bonds. The Labute approximate surface area is 208 Å². The van der Waals surface area contributed by atoms with Crippen LogP contribution in [0.3, 0.4) is 0 Å². The molecule has 0 spiro atoms. The number of nitrogens with zero attached hydrogens (tertiary/aromatic N) is 2. The highest BCUT2D eigenvalue weighted by Gasteiger charge is 2.33. The van der Waals surface area contributed by atoms with Crippen LogP contribution < -0.4 is 29.1 Å². The van der Waals surface area contributed by atoms with Gasteiger partial charge in [-0.3, -0.25) is 9.36 Å². The molecule has 1 aliphatic rings. The molecular formula is C25H22F2N2O6S. The van der Waals surface area contributed by atoms with E-state index in [4.69, 9.17) is 14.2 Å². The summed E-state index contributed by atoms with van der Waals surface area (Å²) in [6.45, 7) is -1.31. The number of aromatic nitrogens is 1. The van der Waals surface area contributed by atoms with E-state index < -0.39 is 18.6 Å². The largest absolute Gasteiger partial charge is 0.497 e. The first kappa shape index (κ1) is 25.1. The monoisotopic (exact) mass is 516 g/mol. The standard InChI is InChI=1S/C25H22F2N2O6S/c1-13-20(23(31)34-4)21(15-6-8-16(32-2)9-7-15)29-22(30)19(36-25(29)28-13)12-14-5-10-17(35-24(26)27)18(11-14)33-3/h5-12,21,24H,1-4H3/b19-12+. The van der Waals surface area contributed by atoms with Crippen LogP contribution in [0.1, 0.15) is 24.1 Å².